The molecule has 0 bridgehead atoms. The molecule has 2 saturated heterocycles. The van der Waals surface area contributed by atoms with Crippen LogP contribution in [-0.4, -0.2) is 35.6 Å². The van der Waals surface area contributed by atoms with Crippen molar-refractivity contribution in [1.29, 1.82) is 0 Å². The normalized spacial score (nSPS) is 18.9. The van der Waals surface area contributed by atoms with Gasteiger partial charge in [-0.3, -0.25) is 14.5 Å². The van der Waals surface area contributed by atoms with Gasteiger partial charge in [0.05, 0.1) is 11.8 Å². The Bertz CT molecular complexity index is 321. The molecule has 1 spiro atoms. The smallest absolute Gasteiger partial charge is 0.256 e. The third kappa shape index (κ3) is 1.64. The molecule has 2 aliphatic rings. The SMILES string of the molecule is C.C.CN1C(=O)C2(C(=O)[N-]C2=O)C1=O.[CH3-].[Y]. The fourth-order valence-electron chi connectivity index (χ4n) is 1.30. The van der Waals surface area contributed by atoms with Crippen molar-refractivity contribution < 1.29 is 51.9 Å². The van der Waals surface area contributed by atoms with Crippen molar-refractivity contribution in [1.82, 2.24) is 4.90 Å². The predicted octanol–water partition coefficient (Wildman–Crippen LogP) is 0.132. The Balaban J connectivity index is -0.000000422. The first-order chi connectivity index (χ1) is 5.52. The number of rotatable bonds is 0. The van der Waals surface area contributed by atoms with E-state index in [9.17, 15) is 19.2 Å². The van der Waals surface area contributed by atoms with Crippen molar-refractivity contribution in [3.8, 4) is 0 Å². The first-order valence-corrected chi connectivity index (χ1v) is 3.16. The molecule has 2 aliphatic heterocycles. The van der Waals surface area contributed by atoms with Gasteiger partial charge >= 0.3 is 0 Å². The van der Waals surface area contributed by atoms with E-state index in [4.69, 9.17) is 0 Å². The molecule has 0 aromatic rings. The van der Waals surface area contributed by atoms with E-state index in [1.54, 1.807) is 0 Å². The molecule has 0 N–H and O–H groups in total. The molecule has 0 aromatic carbocycles. The first-order valence-electron chi connectivity index (χ1n) is 3.16. The van der Waals surface area contributed by atoms with Gasteiger partial charge in [0, 0.05) is 39.8 Å². The minimum Gasteiger partial charge on any atom is -0.592 e. The molecule has 16 heavy (non-hydrogen) atoms. The van der Waals surface area contributed by atoms with Gasteiger partial charge in [-0.05, 0) is 0 Å². The Morgan fingerprint density at radius 3 is 1.50 bits per heavy atom. The van der Waals surface area contributed by atoms with Crippen molar-refractivity contribution in [3.05, 3.63) is 12.7 Å². The molecule has 0 saturated carbocycles. The molecule has 7 heteroatoms. The third-order valence-electron chi connectivity index (χ3n) is 2.10. The number of amides is 4. The Kier molecular flexibility index (Phi) is 7.31. The molecule has 1 radical (unpaired) electrons. The molecule has 2 rings (SSSR count). The minimum atomic E-state index is -2.05. The van der Waals surface area contributed by atoms with Crippen LogP contribution in [0.15, 0.2) is 0 Å². The van der Waals surface area contributed by atoms with E-state index < -0.39 is 29.0 Å². The standard InChI is InChI=1S/C6H4N2O4.2CH4.CH3.Y/c1-8-4(11)6(5(8)12)2(9)7-3(6)10;;;;/h1H3,(H,7,9,10);2*1H4;1H3;/q;;;-1;/p-1. The Morgan fingerprint density at radius 1 is 1.00 bits per heavy atom. The molecule has 0 aliphatic carbocycles. The fraction of sp³-hybridized carbons (Fsp3) is 0.444. The molecule has 2 heterocycles. The number of β-lactam (4-membered cyclic amide) rings is 4. The van der Waals surface area contributed by atoms with E-state index in [0.717, 1.165) is 4.90 Å². The molecule has 4 amide bonds. The van der Waals surface area contributed by atoms with Gasteiger partial charge in [0.15, 0.2) is 0 Å². The summed E-state index contributed by atoms with van der Waals surface area (Å²) in [6, 6.07) is 0. The molecule has 0 atom stereocenters. The topological polar surface area (TPSA) is 85.6 Å². The summed E-state index contributed by atoms with van der Waals surface area (Å²) in [6.45, 7) is 0. The van der Waals surface area contributed by atoms with Crippen LogP contribution in [0.1, 0.15) is 14.9 Å². The number of hydrogen-bond acceptors (Lipinski definition) is 4. The summed E-state index contributed by atoms with van der Waals surface area (Å²) in [7, 11) is 1.22. The number of nitrogens with zero attached hydrogens (tertiary/aromatic N) is 2. The maximum atomic E-state index is 11.0. The van der Waals surface area contributed by atoms with Gasteiger partial charge in [0.1, 0.15) is 0 Å². The molecule has 0 unspecified atom stereocenters. The van der Waals surface area contributed by atoms with Crippen LogP contribution in [0.25, 0.3) is 5.32 Å². The number of likely N-dealkylation sites (tertiary alicyclic amines) is 1. The second-order valence-electron chi connectivity index (χ2n) is 2.64. The predicted molar refractivity (Wildman–Crippen MR) is 53.5 cm³/mol. The van der Waals surface area contributed by atoms with Gasteiger partial charge in [-0.15, -0.1) is 0 Å². The molecular weight excluding hydrogens is 289 g/mol. The monoisotopic (exact) mass is 303 g/mol. The van der Waals surface area contributed by atoms with E-state index in [-0.39, 0.29) is 55.0 Å². The Hall–Kier alpha value is -0.616. The molecular formula is C9H14N2O4Y-2. The van der Waals surface area contributed by atoms with Crippen LogP contribution < -0.4 is 0 Å². The van der Waals surface area contributed by atoms with Gasteiger partial charge in [-0.2, -0.15) is 0 Å². The van der Waals surface area contributed by atoms with Crippen molar-refractivity contribution in [2.45, 2.75) is 14.9 Å². The largest absolute Gasteiger partial charge is 0.592 e. The molecule has 2 fully saturated rings. The van der Waals surface area contributed by atoms with Gasteiger partial charge in [-0.25, -0.2) is 0 Å². The van der Waals surface area contributed by atoms with E-state index in [0.29, 0.717) is 0 Å². The van der Waals surface area contributed by atoms with Gasteiger partial charge in [0.25, 0.3) is 11.8 Å². The van der Waals surface area contributed by atoms with Gasteiger partial charge < -0.3 is 22.3 Å². The quantitative estimate of drug-likeness (QED) is 0.362. The second-order valence-corrected chi connectivity index (χ2v) is 2.64. The zero-order valence-electron chi connectivity index (χ0n) is 7.60. The summed E-state index contributed by atoms with van der Waals surface area (Å²) in [5, 5.41) is 2.89. The zero-order chi connectivity index (χ0) is 9.09. The average Bonchev–Trinajstić information content (AvgIpc) is 2.04. The maximum Gasteiger partial charge on any atom is 0.256 e. The molecule has 89 valence electrons. The van der Waals surface area contributed by atoms with Crippen LogP contribution in [0.4, 0.5) is 0 Å². The number of carbonyl (C=O) groups is 4. The van der Waals surface area contributed by atoms with Gasteiger partial charge in [0.2, 0.25) is 5.41 Å². The van der Waals surface area contributed by atoms with E-state index in [2.05, 4.69) is 5.32 Å². The number of hydrogen-bond donors (Lipinski definition) is 0. The van der Waals surface area contributed by atoms with Crippen molar-refractivity contribution in [2.75, 3.05) is 7.05 Å². The maximum absolute atomic E-state index is 11.0. The number of carbonyl (C=O) groups excluding carboxylic acids is 4. The number of imide groups is 2. The van der Waals surface area contributed by atoms with E-state index >= 15 is 0 Å². The van der Waals surface area contributed by atoms with Crippen molar-refractivity contribution in [3.63, 3.8) is 0 Å². The summed E-state index contributed by atoms with van der Waals surface area (Å²) in [5.41, 5.74) is -2.05. The molecule has 0 aromatic heterocycles. The van der Waals surface area contributed by atoms with Crippen LogP contribution in [0, 0.1) is 12.8 Å². The average molecular weight is 303 g/mol. The van der Waals surface area contributed by atoms with Gasteiger partial charge in [-0.1, -0.05) is 14.9 Å². The Morgan fingerprint density at radius 2 is 1.31 bits per heavy atom. The van der Waals surface area contributed by atoms with Crippen molar-refractivity contribution in [2.24, 2.45) is 5.41 Å². The first kappa shape index (κ1) is 20.8. The summed E-state index contributed by atoms with van der Waals surface area (Å²) in [5.74, 6) is -3.39. The molecule has 6 nitrogen and oxygen atoms in total. The Labute approximate surface area is 120 Å². The van der Waals surface area contributed by atoms with E-state index in [1.807, 2.05) is 0 Å². The summed E-state index contributed by atoms with van der Waals surface area (Å²) < 4.78 is 0. The van der Waals surface area contributed by atoms with Crippen LogP contribution in [0.5, 0.6) is 0 Å². The van der Waals surface area contributed by atoms with Crippen molar-refractivity contribution >= 4 is 23.6 Å². The zero-order valence-corrected chi connectivity index (χ0v) is 10.4. The summed E-state index contributed by atoms with van der Waals surface area (Å²) >= 11 is 0. The minimum absolute atomic E-state index is 0. The summed E-state index contributed by atoms with van der Waals surface area (Å²) in [4.78, 5) is 44.3. The van der Waals surface area contributed by atoms with Crippen LogP contribution in [0.3, 0.4) is 0 Å². The fourth-order valence-corrected chi connectivity index (χ4v) is 1.30. The van der Waals surface area contributed by atoms with Crippen LogP contribution >= 0.6 is 0 Å². The van der Waals surface area contributed by atoms with E-state index in [1.165, 1.54) is 7.05 Å². The second kappa shape index (κ2) is 5.63. The summed E-state index contributed by atoms with van der Waals surface area (Å²) in [6.07, 6.45) is 0. The van der Waals surface area contributed by atoms with Crippen LogP contribution in [-0.2, 0) is 51.9 Å². The third-order valence-corrected chi connectivity index (χ3v) is 2.10. The van der Waals surface area contributed by atoms with Crippen LogP contribution in [0.2, 0.25) is 0 Å².